The lowest BCUT2D eigenvalue weighted by molar-refractivity contribution is 0.294. The second-order valence-electron chi connectivity index (χ2n) is 7.22. The van der Waals surface area contributed by atoms with E-state index in [0.717, 1.165) is 30.7 Å². The van der Waals surface area contributed by atoms with Crippen molar-refractivity contribution in [3.05, 3.63) is 90.6 Å². The van der Waals surface area contributed by atoms with Crippen molar-refractivity contribution in [2.45, 2.75) is 31.3 Å². The van der Waals surface area contributed by atoms with Crippen LogP contribution >= 0.6 is 0 Å². The SMILES string of the molecule is C=C[C@@H]1CCCN1CCC1=CN2C=CC(c3ccccc3F)=CC2C1=C. The molecule has 0 N–H and O–H groups in total. The minimum absolute atomic E-state index is 0.0957. The molecule has 0 aliphatic carbocycles. The largest absolute Gasteiger partial charge is 0.343 e. The minimum Gasteiger partial charge on any atom is -0.343 e. The summed E-state index contributed by atoms with van der Waals surface area (Å²) in [5.41, 5.74) is 3.99. The molecule has 0 bridgehead atoms. The molecule has 134 valence electrons. The smallest absolute Gasteiger partial charge is 0.131 e. The summed E-state index contributed by atoms with van der Waals surface area (Å²) in [5, 5.41) is 0. The van der Waals surface area contributed by atoms with E-state index in [1.165, 1.54) is 24.5 Å². The van der Waals surface area contributed by atoms with Crippen molar-refractivity contribution in [2.24, 2.45) is 0 Å². The lowest BCUT2D eigenvalue weighted by atomic mass is 9.95. The van der Waals surface area contributed by atoms with Crippen LogP contribution in [-0.4, -0.2) is 35.0 Å². The van der Waals surface area contributed by atoms with E-state index in [0.29, 0.717) is 11.6 Å². The van der Waals surface area contributed by atoms with Crippen LogP contribution in [-0.2, 0) is 0 Å². The van der Waals surface area contributed by atoms with Gasteiger partial charge in [0.15, 0.2) is 0 Å². The average Bonchev–Trinajstić information content (AvgIpc) is 3.24. The van der Waals surface area contributed by atoms with Gasteiger partial charge in [-0.3, -0.25) is 4.90 Å². The Labute approximate surface area is 155 Å². The van der Waals surface area contributed by atoms with Crippen molar-refractivity contribution in [1.82, 2.24) is 9.80 Å². The average molecular weight is 348 g/mol. The van der Waals surface area contributed by atoms with Gasteiger partial charge >= 0.3 is 0 Å². The Morgan fingerprint density at radius 1 is 1.27 bits per heavy atom. The zero-order valence-corrected chi connectivity index (χ0v) is 15.1. The third kappa shape index (κ3) is 3.08. The fraction of sp³-hybridized carbons (Fsp3) is 0.304. The lowest BCUT2D eigenvalue weighted by Gasteiger charge is -2.25. The van der Waals surface area contributed by atoms with Crippen LogP contribution in [0.5, 0.6) is 0 Å². The first-order valence-electron chi connectivity index (χ1n) is 9.36. The van der Waals surface area contributed by atoms with E-state index in [-0.39, 0.29) is 11.9 Å². The van der Waals surface area contributed by atoms with Gasteiger partial charge in [-0.05, 0) is 60.7 Å². The molecule has 1 unspecified atom stereocenters. The fourth-order valence-electron chi connectivity index (χ4n) is 4.19. The Kier molecular flexibility index (Phi) is 4.64. The number of benzene rings is 1. The van der Waals surface area contributed by atoms with Gasteiger partial charge in [0.1, 0.15) is 5.82 Å². The first-order valence-corrected chi connectivity index (χ1v) is 9.36. The molecule has 3 heteroatoms. The van der Waals surface area contributed by atoms with Gasteiger partial charge in [-0.1, -0.05) is 30.9 Å². The third-order valence-corrected chi connectivity index (χ3v) is 5.70. The standard InChI is InChI=1S/C23H25FN2/c1-3-20-7-6-12-25(20)13-11-19-16-26-14-10-18(15-23(26)17(19)2)21-8-4-5-9-22(21)24/h3-5,8-10,14-16,20,23H,1-2,6-7,11-13H2/t20-,23?/m1/s1. The monoisotopic (exact) mass is 348 g/mol. The molecule has 1 fully saturated rings. The molecular weight excluding hydrogens is 323 g/mol. The first kappa shape index (κ1) is 17.0. The summed E-state index contributed by atoms with van der Waals surface area (Å²) in [6.07, 6.45) is 13.9. The van der Waals surface area contributed by atoms with Gasteiger partial charge in [-0.25, -0.2) is 4.39 Å². The minimum atomic E-state index is -0.182. The lowest BCUT2D eigenvalue weighted by Crippen LogP contribution is -2.29. The molecule has 1 saturated heterocycles. The summed E-state index contributed by atoms with van der Waals surface area (Å²) in [5.74, 6) is -0.182. The van der Waals surface area contributed by atoms with Crippen molar-refractivity contribution in [3.63, 3.8) is 0 Å². The molecule has 3 heterocycles. The molecule has 0 saturated carbocycles. The summed E-state index contributed by atoms with van der Waals surface area (Å²) in [7, 11) is 0. The number of hydrogen-bond acceptors (Lipinski definition) is 2. The molecule has 1 aromatic rings. The summed E-state index contributed by atoms with van der Waals surface area (Å²) in [4.78, 5) is 4.69. The Hall–Kier alpha value is -2.39. The van der Waals surface area contributed by atoms with E-state index in [1.807, 2.05) is 24.4 Å². The van der Waals surface area contributed by atoms with Gasteiger partial charge in [-0.15, -0.1) is 6.58 Å². The Morgan fingerprint density at radius 3 is 2.92 bits per heavy atom. The predicted molar refractivity (Wildman–Crippen MR) is 106 cm³/mol. The Balaban J connectivity index is 1.47. The molecule has 3 aliphatic rings. The third-order valence-electron chi connectivity index (χ3n) is 5.70. The number of hydrogen-bond donors (Lipinski definition) is 0. The number of allylic oxidation sites excluding steroid dienone is 2. The van der Waals surface area contributed by atoms with Gasteiger partial charge in [0.25, 0.3) is 0 Å². The Morgan fingerprint density at radius 2 is 2.12 bits per heavy atom. The molecule has 0 aromatic heterocycles. The number of rotatable bonds is 5. The number of nitrogens with zero attached hydrogens (tertiary/aromatic N) is 2. The normalized spacial score (nSPS) is 25.3. The van der Waals surface area contributed by atoms with Crippen molar-refractivity contribution < 1.29 is 4.39 Å². The van der Waals surface area contributed by atoms with Crippen LogP contribution in [0.4, 0.5) is 4.39 Å². The highest BCUT2D eigenvalue weighted by Gasteiger charge is 2.29. The molecule has 0 amide bonds. The van der Waals surface area contributed by atoms with E-state index >= 15 is 0 Å². The fourth-order valence-corrected chi connectivity index (χ4v) is 4.19. The van der Waals surface area contributed by atoms with Crippen LogP contribution in [0, 0.1) is 5.82 Å². The molecule has 2 nitrogen and oxygen atoms in total. The summed E-state index contributed by atoms with van der Waals surface area (Å²) < 4.78 is 14.1. The van der Waals surface area contributed by atoms with Crippen molar-refractivity contribution in [1.29, 1.82) is 0 Å². The zero-order valence-electron chi connectivity index (χ0n) is 15.1. The van der Waals surface area contributed by atoms with Crippen molar-refractivity contribution >= 4 is 5.57 Å². The van der Waals surface area contributed by atoms with E-state index in [9.17, 15) is 4.39 Å². The van der Waals surface area contributed by atoms with E-state index < -0.39 is 0 Å². The van der Waals surface area contributed by atoms with Gasteiger partial charge < -0.3 is 4.90 Å². The molecule has 1 aromatic carbocycles. The maximum Gasteiger partial charge on any atom is 0.131 e. The highest BCUT2D eigenvalue weighted by atomic mass is 19.1. The predicted octanol–water partition coefficient (Wildman–Crippen LogP) is 4.90. The molecule has 4 rings (SSSR count). The van der Waals surface area contributed by atoms with Crippen LogP contribution in [0.25, 0.3) is 5.57 Å². The highest BCUT2D eigenvalue weighted by molar-refractivity contribution is 5.77. The summed E-state index contributed by atoms with van der Waals surface area (Å²) in [6.45, 7) is 10.5. The molecular formula is C23H25FN2. The summed E-state index contributed by atoms with van der Waals surface area (Å²) >= 11 is 0. The van der Waals surface area contributed by atoms with Gasteiger partial charge in [0, 0.05) is 30.5 Å². The van der Waals surface area contributed by atoms with Crippen LogP contribution in [0.1, 0.15) is 24.8 Å². The highest BCUT2D eigenvalue weighted by Crippen LogP contribution is 2.36. The van der Waals surface area contributed by atoms with Crippen LogP contribution in [0.2, 0.25) is 0 Å². The van der Waals surface area contributed by atoms with Crippen LogP contribution in [0.15, 0.2) is 79.2 Å². The van der Waals surface area contributed by atoms with Gasteiger partial charge in [0.05, 0.1) is 6.04 Å². The zero-order chi connectivity index (χ0) is 18.1. The topological polar surface area (TPSA) is 6.48 Å². The van der Waals surface area contributed by atoms with E-state index in [2.05, 4.69) is 41.3 Å². The van der Waals surface area contributed by atoms with Gasteiger partial charge in [-0.2, -0.15) is 0 Å². The first-order chi connectivity index (χ1) is 12.7. The number of likely N-dealkylation sites (tertiary alicyclic amines) is 1. The quantitative estimate of drug-likeness (QED) is 0.698. The number of fused-ring (bicyclic) bond motifs is 1. The molecule has 0 radical (unpaired) electrons. The van der Waals surface area contributed by atoms with Crippen molar-refractivity contribution in [3.8, 4) is 0 Å². The van der Waals surface area contributed by atoms with Crippen molar-refractivity contribution in [2.75, 3.05) is 13.1 Å². The molecule has 0 spiro atoms. The van der Waals surface area contributed by atoms with Crippen LogP contribution < -0.4 is 0 Å². The maximum absolute atomic E-state index is 14.1. The van der Waals surface area contributed by atoms with E-state index in [1.54, 1.807) is 6.07 Å². The maximum atomic E-state index is 14.1. The summed E-state index contributed by atoms with van der Waals surface area (Å²) in [6, 6.07) is 7.55. The van der Waals surface area contributed by atoms with Gasteiger partial charge in [0.2, 0.25) is 0 Å². The second-order valence-corrected chi connectivity index (χ2v) is 7.22. The molecule has 3 aliphatic heterocycles. The second kappa shape index (κ2) is 7.08. The molecule has 26 heavy (non-hydrogen) atoms. The molecule has 2 atom stereocenters. The van der Waals surface area contributed by atoms with E-state index in [4.69, 9.17) is 0 Å². The number of halogens is 1. The Bertz CT molecular complexity index is 817. The van der Waals surface area contributed by atoms with Crippen LogP contribution in [0.3, 0.4) is 0 Å².